The fourth-order valence-corrected chi connectivity index (χ4v) is 5.38. The van der Waals surface area contributed by atoms with Crippen LogP contribution in [0.4, 0.5) is 13.2 Å². The SMILES string of the molecule is [N-]=[N+]=NCc1ccccc1C[C@]1(C(=O)NNCC(F)(F)F)N=C(c2ccc(OCCCO)cc2)O[C@H]1c1ccc(-c2ccccc2)cc1. The van der Waals surface area contributed by atoms with Crippen LogP contribution in [0.3, 0.4) is 0 Å². The van der Waals surface area contributed by atoms with Crippen molar-refractivity contribution in [2.45, 2.75) is 37.2 Å². The number of aliphatic hydroxyl groups is 1. The van der Waals surface area contributed by atoms with Gasteiger partial charge in [-0.2, -0.15) is 13.2 Å². The van der Waals surface area contributed by atoms with Gasteiger partial charge in [0.2, 0.25) is 5.90 Å². The number of hydrazine groups is 1. The number of aliphatic imine (C=N–C) groups is 1. The molecule has 5 rings (SSSR count). The molecule has 10 nitrogen and oxygen atoms in total. The summed E-state index contributed by atoms with van der Waals surface area (Å²) in [6.45, 7) is -1.17. The van der Waals surface area contributed by atoms with Gasteiger partial charge in [0.1, 0.15) is 12.3 Å². The van der Waals surface area contributed by atoms with E-state index in [1.807, 2.05) is 47.9 Å². The van der Waals surface area contributed by atoms with Crippen molar-refractivity contribution in [1.82, 2.24) is 10.9 Å². The zero-order chi connectivity index (χ0) is 34.0. The van der Waals surface area contributed by atoms with E-state index >= 15 is 0 Å². The zero-order valence-electron chi connectivity index (χ0n) is 25.7. The maximum absolute atomic E-state index is 14.2. The number of carbonyl (C=O) groups excluding carboxylic acids is 1. The summed E-state index contributed by atoms with van der Waals surface area (Å²) in [6.07, 6.45) is -5.29. The van der Waals surface area contributed by atoms with Gasteiger partial charge in [0.25, 0.3) is 5.91 Å². The molecular weight excluding hydrogens is 625 g/mol. The van der Waals surface area contributed by atoms with Crippen LogP contribution in [0.25, 0.3) is 21.6 Å². The summed E-state index contributed by atoms with van der Waals surface area (Å²) in [5.41, 5.74) is 15.6. The van der Waals surface area contributed by atoms with Gasteiger partial charge >= 0.3 is 6.18 Å². The molecule has 2 atom stereocenters. The van der Waals surface area contributed by atoms with Crippen molar-refractivity contribution in [2.24, 2.45) is 10.1 Å². The van der Waals surface area contributed by atoms with E-state index in [9.17, 15) is 18.0 Å². The van der Waals surface area contributed by atoms with Gasteiger partial charge in [0.15, 0.2) is 11.6 Å². The molecule has 0 aromatic heterocycles. The molecule has 4 aromatic rings. The molecule has 1 aliphatic rings. The predicted octanol–water partition coefficient (Wildman–Crippen LogP) is 6.61. The highest BCUT2D eigenvalue weighted by atomic mass is 19.4. The number of alkyl halides is 3. The largest absolute Gasteiger partial charge is 0.494 e. The van der Waals surface area contributed by atoms with Gasteiger partial charge in [0.05, 0.1) is 13.2 Å². The zero-order valence-corrected chi connectivity index (χ0v) is 25.7. The van der Waals surface area contributed by atoms with Gasteiger partial charge in [-0.3, -0.25) is 10.2 Å². The molecule has 0 saturated carbocycles. The lowest BCUT2D eigenvalue weighted by Crippen LogP contribution is -2.55. The van der Waals surface area contributed by atoms with Crippen LogP contribution in [0.5, 0.6) is 5.75 Å². The summed E-state index contributed by atoms with van der Waals surface area (Å²) in [4.78, 5) is 21.9. The molecule has 48 heavy (non-hydrogen) atoms. The first-order valence-electron chi connectivity index (χ1n) is 15.2. The fourth-order valence-electron chi connectivity index (χ4n) is 5.38. The minimum Gasteiger partial charge on any atom is -0.494 e. The molecule has 0 spiro atoms. The van der Waals surface area contributed by atoms with Crippen LogP contribution in [0, 0.1) is 0 Å². The van der Waals surface area contributed by atoms with Crippen LogP contribution in [-0.2, 0) is 22.5 Å². The molecule has 248 valence electrons. The predicted molar refractivity (Wildman–Crippen MR) is 174 cm³/mol. The Kier molecular flexibility index (Phi) is 11.0. The molecular formula is C35H33F3N6O4. The topological polar surface area (TPSA) is 141 Å². The summed E-state index contributed by atoms with van der Waals surface area (Å²) in [7, 11) is 0. The lowest BCUT2D eigenvalue weighted by molar-refractivity contribution is -0.136. The van der Waals surface area contributed by atoms with Crippen molar-refractivity contribution in [2.75, 3.05) is 19.8 Å². The van der Waals surface area contributed by atoms with E-state index in [-0.39, 0.29) is 25.5 Å². The standard InChI is InChI=1S/C35H33F3N6O4/c36-35(37,38)23-41-43-33(46)34(21-28-9-4-5-10-29(28)22-40-44-39)31(26-13-11-25(12-14-26)24-7-2-1-3-8-24)48-32(42-34)27-15-17-30(18-16-27)47-20-6-19-45/h1-5,7-18,31,41,45H,6,19-23H2,(H,43,46)/t31-,34-/m0/s1. The van der Waals surface area contributed by atoms with Gasteiger partial charge in [-0.05, 0) is 57.6 Å². The van der Waals surface area contributed by atoms with E-state index in [0.29, 0.717) is 41.0 Å². The fraction of sp³-hybridized carbons (Fsp3) is 0.257. The monoisotopic (exact) mass is 658 g/mol. The highest BCUT2D eigenvalue weighted by molar-refractivity contribution is 6.01. The molecule has 0 bridgehead atoms. The van der Waals surface area contributed by atoms with E-state index < -0.39 is 30.3 Å². The van der Waals surface area contributed by atoms with Crippen LogP contribution in [-0.4, -0.2) is 48.4 Å². The molecule has 0 fully saturated rings. The van der Waals surface area contributed by atoms with Crippen LogP contribution in [0.15, 0.2) is 113 Å². The minimum absolute atomic E-state index is 0.00951. The molecule has 0 unspecified atom stereocenters. The number of rotatable bonds is 14. The molecule has 0 aliphatic carbocycles. The Balaban J connectivity index is 1.59. The third kappa shape index (κ3) is 8.31. The quantitative estimate of drug-likeness (QED) is 0.0460. The normalized spacial score (nSPS) is 17.2. The Morgan fingerprint density at radius 2 is 1.58 bits per heavy atom. The number of nitrogens with zero attached hydrogens (tertiary/aromatic N) is 4. The van der Waals surface area contributed by atoms with Crippen molar-refractivity contribution in [3.8, 4) is 16.9 Å². The number of hydrogen-bond acceptors (Lipinski definition) is 7. The van der Waals surface area contributed by atoms with Gasteiger partial charge in [0, 0.05) is 29.9 Å². The number of amides is 1. The Hall–Kier alpha value is -5.36. The van der Waals surface area contributed by atoms with E-state index in [0.717, 1.165) is 11.1 Å². The number of nitrogens with one attached hydrogen (secondary N) is 2. The van der Waals surface area contributed by atoms with E-state index in [1.165, 1.54) is 0 Å². The Morgan fingerprint density at radius 1 is 0.938 bits per heavy atom. The second-order valence-corrected chi connectivity index (χ2v) is 11.0. The Labute approximate surface area is 274 Å². The number of carbonyl (C=O) groups is 1. The highest BCUT2D eigenvalue weighted by Gasteiger charge is 2.53. The first-order valence-corrected chi connectivity index (χ1v) is 15.2. The van der Waals surface area contributed by atoms with Crippen LogP contribution >= 0.6 is 0 Å². The average Bonchev–Trinajstić information content (AvgIpc) is 3.48. The summed E-state index contributed by atoms with van der Waals surface area (Å²) in [5, 5.41) is 12.7. The molecule has 1 aliphatic heterocycles. The lowest BCUT2D eigenvalue weighted by atomic mass is 9.80. The van der Waals surface area contributed by atoms with Crippen molar-refractivity contribution in [3.05, 3.63) is 136 Å². The van der Waals surface area contributed by atoms with Crippen LogP contribution in [0.2, 0.25) is 0 Å². The number of hydrogen-bond donors (Lipinski definition) is 3. The second kappa shape index (κ2) is 15.5. The number of halogens is 3. The number of benzene rings is 4. The third-order valence-corrected chi connectivity index (χ3v) is 7.72. The van der Waals surface area contributed by atoms with Crippen molar-refractivity contribution >= 4 is 11.8 Å². The second-order valence-electron chi connectivity index (χ2n) is 11.0. The molecule has 13 heteroatoms. The number of aliphatic hydroxyl groups excluding tert-OH is 1. The molecule has 1 heterocycles. The van der Waals surface area contributed by atoms with Crippen LogP contribution < -0.4 is 15.6 Å². The van der Waals surface area contributed by atoms with Crippen molar-refractivity contribution in [3.63, 3.8) is 0 Å². The maximum Gasteiger partial charge on any atom is 0.402 e. The summed E-state index contributed by atoms with van der Waals surface area (Å²) in [6, 6.07) is 30.9. The lowest BCUT2D eigenvalue weighted by Gasteiger charge is -2.31. The van der Waals surface area contributed by atoms with Crippen molar-refractivity contribution < 1.29 is 32.5 Å². The highest BCUT2D eigenvalue weighted by Crippen LogP contribution is 2.43. The van der Waals surface area contributed by atoms with E-state index in [1.54, 1.807) is 60.7 Å². The van der Waals surface area contributed by atoms with Gasteiger partial charge in [-0.15, -0.1) is 0 Å². The number of azide groups is 1. The van der Waals surface area contributed by atoms with E-state index in [2.05, 4.69) is 15.5 Å². The minimum atomic E-state index is -4.59. The summed E-state index contributed by atoms with van der Waals surface area (Å²) < 4.78 is 51.4. The Morgan fingerprint density at radius 3 is 2.25 bits per heavy atom. The Bertz CT molecular complexity index is 1760. The molecule has 0 radical (unpaired) electrons. The molecule has 0 saturated heterocycles. The molecule has 3 N–H and O–H groups in total. The van der Waals surface area contributed by atoms with E-state index in [4.69, 9.17) is 25.1 Å². The first kappa shape index (κ1) is 34.0. The molecule has 4 aromatic carbocycles. The summed E-state index contributed by atoms with van der Waals surface area (Å²) in [5.74, 6) is -0.194. The maximum atomic E-state index is 14.2. The molecule has 1 amide bonds. The first-order chi connectivity index (χ1) is 23.2. The van der Waals surface area contributed by atoms with Gasteiger partial charge in [-0.25, -0.2) is 10.4 Å². The third-order valence-electron chi connectivity index (χ3n) is 7.72. The number of ether oxygens (including phenoxy) is 2. The van der Waals surface area contributed by atoms with Crippen LogP contribution in [0.1, 0.15) is 34.8 Å². The average molecular weight is 659 g/mol. The smallest absolute Gasteiger partial charge is 0.402 e. The van der Waals surface area contributed by atoms with Gasteiger partial charge in [-0.1, -0.05) is 84.0 Å². The summed E-state index contributed by atoms with van der Waals surface area (Å²) >= 11 is 0. The van der Waals surface area contributed by atoms with Gasteiger partial charge < -0.3 is 14.6 Å². The van der Waals surface area contributed by atoms with Crippen molar-refractivity contribution in [1.29, 1.82) is 0 Å².